The number of carbonyl (C=O) groups excluding carboxylic acids is 2. The standard InChI is InChI=1S/C23H26N2O3/c1-28-22(27)19-14-23(20-5-3-2-4-18(19)20)10-12-25(13-11-23)15-16-6-8-17(9-7-16)21(24)26/h2-9,19H,10-15H2,1H3,(H2,24,26). The molecule has 5 heteroatoms. The van der Waals surface area contributed by atoms with Crippen molar-refractivity contribution in [1.29, 1.82) is 0 Å². The molecule has 4 rings (SSSR count). The Bertz CT molecular complexity index is 883. The van der Waals surface area contributed by atoms with Gasteiger partial charge in [0.05, 0.1) is 13.0 Å². The van der Waals surface area contributed by atoms with Crippen LogP contribution in [-0.4, -0.2) is 37.0 Å². The van der Waals surface area contributed by atoms with Gasteiger partial charge in [0.15, 0.2) is 0 Å². The summed E-state index contributed by atoms with van der Waals surface area (Å²) in [4.78, 5) is 26.0. The van der Waals surface area contributed by atoms with Gasteiger partial charge >= 0.3 is 5.97 Å². The minimum Gasteiger partial charge on any atom is -0.469 e. The minimum absolute atomic E-state index is 0.0712. The Kier molecular flexibility index (Phi) is 4.94. The summed E-state index contributed by atoms with van der Waals surface area (Å²) in [5.74, 6) is -0.665. The van der Waals surface area contributed by atoms with Crippen molar-refractivity contribution in [2.45, 2.75) is 37.1 Å². The second-order valence-electron chi connectivity index (χ2n) is 7.98. The Morgan fingerprint density at radius 2 is 1.79 bits per heavy atom. The van der Waals surface area contributed by atoms with E-state index in [1.807, 2.05) is 18.2 Å². The summed E-state index contributed by atoms with van der Waals surface area (Å²) in [5, 5.41) is 0. The molecule has 1 amide bonds. The lowest BCUT2D eigenvalue weighted by Crippen LogP contribution is -2.41. The van der Waals surface area contributed by atoms with Gasteiger partial charge in [-0.25, -0.2) is 0 Å². The number of likely N-dealkylation sites (tertiary alicyclic amines) is 1. The molecule has 2 N–H and O–H groups in total. The number of esters is 1. The molecule has 1 spiro atoms. The van der Waals surface area contributed by atoms with Crippen LogP contribution in [0.4, 0.5) is 0 Å². The second kappa shape index (κ2) is 7.40. The van der Waals surface area contributed by atoms with Crippen LogP contribution in [0, 0.1) is 0 Å². The number of benzene rings is 2. The highest BCUT2D eigenvalue weighted by Gasteiger charge is 2.47. The normalized spacial score (nSPS) is 20.7. The molecule has 146 valence electrons. The van der Waals surface area contributed by atoms with Gasteiger partial charge in [0, 0.05) is 12.1 Å². The molecule has 1 heterocycles. The molecular formula is C23H26N2O3. The summed E-state index contributed by atoms with van der Waals surface area (Å²) < 4.78 is 5.07. The molecule has 0 aromatic heterocycles. The lowest BCUT2D eigenvalue weighted by atomic mass is 9.73. The number of hydrogen-bond acceptors (Lipinski definition) is 4. The topological polar surface area (TPSA) is 72.6 Å². The first kappa shape index (κ1) is 18.7. The molecule has 1 atom stereocenters. The number of nitrogens with two attached hydrogens (primary N) is 1. The van der Waals surface area contributed by atoms with Crippen LogP contribution in [0.5, 0.6) is 0 Å². The van der Waals surface area contributed by atoms with Crippen molar-refractivity contribution < 1.29 is 14.3 Å². The van der Waals surface area contributed by atoms with E-state index in [4.69, 9.17) is 10.5 Å². The number of piperidine rings is 1. The maximum Gasteiger partial charge on any atom is 0.313 e. The average Bonchev–Trinajstić information content (AvgIpc) is 3.04. The molecule has 28 heavy (non-hydrogen) atoms. The molecule has 5 nitrogen and oxygen atoms in total. The monoisotopic (exact) mass is 378 g/mol. The SMILES string of the molecule is COC(=O)C1CC2(CCN(Cc3ccc(C(N)=O)cc3)CC2)c2ccccc21. The van der Waals surface area contributed by atoms with E-state index in [0.29, 0.717) is 5.56 Å². The fourth-order valence-electron chi connectivity index (χ4n) is 4.89. The van der Waals surface area contributed by atoms with Gasteiger partial charge in [-0.05, 0) is 66.6 Å². The van der Waals surface area contributed by atoms with E-state index in [-0.39, 0.29) is 17.3 Å². The largest absolute Gasteiger partial charge is 0.469 e. The van der Waals surface area contributed by atoms with Crippen LogP contribution in [0.15, 0.2) is 48.5 Å². The van der Waals surface area contributed by atoms with Crippen molar-refractivity contribution in [2.24, 2.45) is 5.73 Å². The van der Waals surface area contributed by atoms with Crippen LogP contribution in [-0.2, 0) is 21.5 Å². The number of rotatable bonds is 4. The van der Waals surface area contributed by atoms with Gasteiger partial charge in [-0.3, -0.25) is 14.5 Å². The lowest BCUT2D eigenvalue weighted by Gasteiger charge is -2.40. The van der Waals surface area contributed by atoms with Crippen molar-refractivity contribution in [2.75, 3.05) is 20.2 Å². The summed E-state index contributed by atoms with van der Waals surface area (Å²) in [7, 11) is 1.47. The number of nitrogens with zero attached hydrogens (tertiary/aromatic N) is 1. The van der Waals surface area contributed by atoms with Crippen LogP contribution in [0.1, 0.15) is 52.2 Å². The first-order valence-electron chi connectivity index (χ1n) is 9.81. The molecule has 1 aliphatic carbocycles. The quantitative estimate of drug-likeness (QED) is 0.830. The summed E-state index contributed by atoms with van der Waals surface area (Å²) in [6.45, 7) is 2.83. The Hall–Kier alpha value is -2.66. The molecule has 2 aliphatic rings. The molecule has 1 unspecified atom stereocenters. The Morgan fingerprint density at radius 3 is 2.43 bits per heavy atom. The van der Waals surface area contributed by atoms with Gasteiger partial charge < -0.3 is 10.5 Å². The zero-order valence-electron chi connectivity index (χ0n) is 16.2. The summed E-state index contributed by atoms with van der Waals surface area (Å²) in [6.07, 6.45) is 2.92. The Morgan fingerprint density at radius 1 is 1.11 bits per heavy atom. The van der Waals surface area contributed by atoms with E-state index in [9.17, 15) is 9.59 Å². The van der Waals surface area contributed by atoms with Crippen molar-refractivity contribution in [1.82, 2.24) is 4.90 Å². The van der Waals surface area contributed by atoms with E-state index in [0.717, 1.165) is 44.5 Å². The molecule has 1 saturated heterocycles. The molecule has 0 bridgehead atoms. The third-order valence-corrected chi connectivity index (χ3v) is 6.45. The maximum atomic E-state index is 12.3. The van der Waals surface area contributed by atoms with Gasteiger partial charge in [0.1, 0.15) is 0 Å². The van der Waals surface area contributed by atoms with Gasteiger partial charge in [-0.1, -0.05) is 36.4 Å². The lowest BCUT2D eigenvalue weighted by molar-refractivity contribution is -0.142. The van der Waals surface area contributed by atoms with E-state index in [1.165, 1.54) is 18.2 Å². The molecule has 1 fully saturated rings. The highest BCUT2D eigenvalue weighted by atomic mass is 16.5. The van der Waals surface area contributed by atoms with E-state index in [1.54, 1.807) is 12.1 Å². The van der Waals surface area contributed by atoms with E-state index >= 15 is 0 Å². The highest BCUT2D eigenvalue weighted by molar-refractivity contribution is 5.92. The molecular weight excluding hydrogens is 352 g/mol. The smallest absolute Gasteiger partial charge is 0.313 e. The van der Waals surface area contributed by atoms with Crippen molar-refractivity contribution in [3.8, 4) is 0 Å². The zero-order chi connectivity index (χ0) is 19.7. The minimum atomic E-state index is -0.397. The Balaban J connectivity index is 1.46. The molecule has 2 aromatic carbocycles. The molecule has 2 aromatic rings. The van der Waals surface area contributed by atoms with Crippen molar-refractivity contribution in [3.05, 3.63) is 70.8 Å². The first-order chi connectivity index (χ1) is 13.5. The van der Waals surface area contributed by atoms with Crippen LogP contribution in [0.25, 0.3) is 0 Å². The summed E-state index contributed by atoms with van der Waals surface area (Å²) in [5.41, 5.74) is 9.58. The maximum absolute atomic E-state index is 12.3. The number of hydrogen-bond donors (Lipinski definition) is 1. The van der Waals surface area contributed by atoms with Crippen LogP contribution in [0.3, 0.4) is 0 Å². The van der Waals surface area contributed by atoms with E-state index in [2.05, 4.69) is 23.1 Å². The second-order valence-corrected chi connectivity index (χ2v) is 7.98. The predicted molar refractivity (Wildman–Crippen MR) is 107 cm³/mol. The molecule has 0 saturated carbocycles. The number of amides is 1. The van der Waals surface area contributed by atoms with Crippen LogP contribution < -0.4 is 5.73 Å². The van der Waals surface area contributed by atoms with E-state index < -0.39 is 5.91 Å². The summed E-state index contributed by atoms with van der Waals surface area (Å²) >= 11 is 0. The highest BCUT2D eigenvalue weighted by Crippen LogP contribution is 2.52. The van der Waals surface area contributed by atoms with Gasteiger partial charge in [-0.15, -0.1) is 0 Å². The number of carbonyl (C=O) groups is 2. The third-order valence-electron chi connectivity index (χ3n) is 6.45. The number of primary amides is 1. The van der Waals surface area contributed by atoms with Crippen LogP contribution in [0.2, 0.25) is 0 Å². The Labute approximate surface area is 165 Å². The van der Waals surface area contributed by atoms with Gasteiger partial charge in [0.25, 0.3) is 0 Å². The average molecular weight is 378 g/mol. The fourth-order valence-corrected chi connectivity index (χ4v) is 4.89. The zero-order valence-corrected chi connectivity index (χ0v) is 16.2. The summed E-state index contributed by atoms with van der Waals surface area (Å²) in [6, 6.07) is 15.9. The van der Waals surface area contributed by atoms with Gasteiger partial charge in [-0.2, -0.15) is 0 Å². The van der Waals surface area contributed by atoms with Crippen molar-refractivity contribution >= 4 is 11.9 Å². The number of methoxy groups -OCH3 is 1. The number of fused-ring (bicyclic) bond motifs is 2. The predicted octanol–water partition coefficient (Wildman–Crippen LogP) is 2.98. The van der Waals surface area contributed by atoms with Crippen LogP contribution >= 0.6 is 0 Å². The number of ether oxygens (including phenoxy) is 1. The first-order valence-corrected chi connectivity index (χ1v) is 9.81. The van der Waals surface area contributed by atoms with Crippen molar-refractivity contribution in [3.63, 3.8) is 0 Å². The van der Waals surface area contributed by atoms with Gasteiger partial charge in [0.2, 0.25) is 5.91 Å². The fraction of sp³-hybridized carbons (Fsp3) is 0.391. The third kappa shape index (κ3) is 3.31. The molecule has 1 aliphatic heterocycles. The molecule has 0 radical (unpaired) electrons.